The molecule has 0 saturated heterocycles. The van der Waals surface area contributed by atoms with Crippen LogP contribution in [0.2, 0.25) is 0 Å². The monoisotopic (exact) mass is 465 g/mol. The van der Waals surface area contributed by atoms with Crippen LogP contribution < -0.4 is 0 Å². The van der Waals surface area contributed by atoms with E-state index in [1.54, 1.807) is 14.1 Å². The summed E-state index contributed by atoms with van der Waals surface area (Å²) in [6.45, 7) is 1.08. The summed E-state index contributed by atoms with van der Waals surface area (Å²) in [5, 5.41) is 21.1. The van der Waals surface area contributed by atoms with Crippen molar-refractivity contribution in [2.75, 3.05) is 14.1 Å². The van der Waals surface area contributed by atoms with Gasteiger partial charge in [0.15, 0.2) is 0 Å². The van der Waals surface area contributed by atoms with E-state index in [0.29, 0.717) is 0 Å². The molecule has 0 unspecified atom stereocenters. The van der Waals surface area contributed by atoms with Crippen LogP contribution in [0.25, 0.3) is 6.08 Å². The fourth-order valence-corrected chi connectivity index (χ4v) is 2.49. The van der Waals surface area contributed by atoms with E-state index in [9.17, 15) is 46.6 Å². The molecule has 174 valence electrons. The van der Waals surface area contributed by atoms with E-state index in [2.05, 4.69) is 0 Å². The maximum atomic E-state index is 12.7. The maximum absolute atomic E-state index is 12.7. The second-order valence-electron chi connectivity index (χ2n) is 6.48. The van der Waals surface area contributed by atoms with E-state index in [0.717, 1.165) is 49.4 Å². The van der Waals surface area contributed by atoms with Gasteiger partial charge in [-0.1, -0.05) is 12.1 Å². The first-order valence-corrected chi connectivity index (χ1v) is 8.57. The summed E-state index contributed by atoms with van der Waals surface area (Å²) in [6, 6.07) is 5.78. The highest BCUT2D eigenvalue weighted by atomic mass is 19.4. The molecule has 13 heteroatoms. The van der Waals surface area contributed by atoms with Crippen molar-refractivity contribution in [3.8, 4) is 0 Å². The van der Waals surface area contributed by atoms with E-state index < -0.39 is 50.3 Å². The van der Waals surface area contributed by atoms with Gasteiger partial charge < -0.3 is 4.90 Å². The number of alkyl halides is 6. The van der Waals surface area contributed by atoms with Crippen LogP contribution >= 0.6 is 0 Å². The van der Waals surface area contributed by atoms with Crippen LogP contribution in [-0.2, 0) is 12.4 Å². The number of halogens is 6. The van der Waals surface area contributed by atoms with Crippen molar-refractivity contribution < 1.29 is 36.2 Å². The molecule has 0 aliphatic rings. The van der Waals surface area contributed by atoms with Crippen LogP contribution in [0, 0.1) is 27.2 Å². The summed E-state index contributed by atoms with van der Waals surface area (Å²) in [6.07, 6.45) is -6.76. The highest BCUT2D eigenvalue weighted by Gasteiger charge is 2.36. The first kappa shape index (κ1) is 26.4. The van der Waals surface area contributed by atoms with Crippen LogP contribution in [0.1, 0.15) is 22.3 Å². The van der Waals surface area contributed by atoms with Gasteiger partial charge in [0.25, 0.3) is 11.4 Å². The molecule has 0 N–H and O–H groups in total. The number of nitrogens with zero attached hydrogens (tertiary/aromatic N) is 3. The van der Waals surface area contributed by atoms with Crippen LogP contribution in [0.5, 0.6) is 0 Å². The van der Waals surface area contributed by atoms with Gasteiger partial charge in [0.1, 0.15) is 0 Å². The summed E-state index contributed by atoms with van der Waals surface area (Å²) in [7, 11) is 3.22. The van der Waals surface area contributed by atoms with Crippen molar-refractivity contribution in [3.05, 3.63) is 85.1 Å². The molecule has 32 heavy (non-hydrogen) atoms. The summed E-state index contributed by atoms with van der Waals surface area (Å²) in [5.41, 5.74) is -3.86. The Morgan fingerprint density at radius 1 is 0.812 bits per heavy atom. The van der Waals surface area contributed by atoms with Crippen molar-refractivity contribution in [2.24, 2.45) is 0 Å². The predicted octanol–water partition coefficient (Wildman–Crippen LogP) is 6.07. The zero-order chi connectivity index (χ0) is 24.9. The Hall–Kier alpha value is -3.64. The minimum atomic E-state index is -4.63. The average molecular weight is 465 g/mol. The molecular formula is C19H17F6N3O4. The number of nitro groups is 2. The molecule has 2 rings (SSSR count). The largest absolute Gasteiger partial charge is 0.417 e. The van der Waals surface area contributed by atoms with Crippen molar-refractivity contribution >= 4 is 17.5 Å². The highest BCUT2D eigenvalue weighted by molar-refractivity contribution is 5.65. The quantitative estimate of drug-likeness (QED) is 0.311. The minimum Gasteiger partial charge on any atom is -0.383 e. The SMILES string of the molecule is CN(C)/C=C/c1c([N+](=O)[O-])cccc1C(F)(F)F.Cc1c([N+](=O)[O-])cccc1C(F)(F)F. The second-order valence-corrected chi connectivity index (χ2v) is 6.48. The standard InChI is InChI=1S/C11H11F3N2O2.C8H6F3NO2/c1-15(2)7-6-8-9(11(12,13)14)4-3-5-10(8)16(17)18;1-5-6(8(9,10)11)3-2-4-7(5)12(13)14/h3-7H,1-2H3;2-4H,1H3/b7-6+;. The lowest BCUT2D eigenvalue weighted by Crippen LogP contribution is -2.09. The molecular weight excluding hydrogens is 448 g/mol. The number of rotatable bonds is 4. The van der Waals surface area contributed by atoms with E-state index in [-0.39, 0.29) is 5.56 Å². The lowest BCUT2D eigenvalue weighted by Gasteiger charge is -2.11. The number of hydrogen-bond acceptors (Lipinski definition) is 5. The van der Waals surface area contributed by atoms with Crippen LogP contribution in [0.3, 0.4) is 0 Å². The lowest BCUT2D eigenvalue weighted by molar-refractivity contribution is -0.385. The second kappa shape index (κ2) is 10.1. The molecule has 7 nitrogen and oxygen atoms in total. The molecule has 0 atom stereocenters. The van der Waals surface area contributed by atoms with Gasteiger partial charge in [-0.3, -0.25) is 20.2 Å². The molecule has 2 aromatic carbocycles. The number of benzene rings is 2. The molecule has 0 radical (unpaired) electrons. The molecule has 2 aromatic rings. The van der Waals surface area contributed by atoms with Gasteiger partial charge >= 0.3 is 12.4 Å². The topological polar surface area (TPSA) is 89.5 Å². The van der Waals surface area contributed by atoms with Crippen LogP contribution in [-0.4, -0.2) is 28.8 Å². The van der Waals surface area contributed by atoms with Gasteiger partial charge in [-0.25, -0.2) is 0 Å². The lowest BCUT2D eigenvalue weighted by atomic mass is 10.0. The Morgan fingerprint density at radius 3 is 1.66 bits per heavy atom. The normalized spacial score (nSPS) is 11.7. The fraction of sp³-hybridized carbons (Fsp3) is 0.263. The molecule has 0 aliphatic carbocycles. The van der Waals surface area contributed by atoms with E-state index in [1.807, 2.05) is 0 Å². The summed E-state index contributed by atoms with van der Waals surface area (Å²) in [4.78, 5) is 20.9. The van der Waals surface area contributed by atoms with Crippen molar-refractivity contribution in [2.45, 2.75) is 19.3 Å². The molecule has 0 heterocycles. The zero-order valence-electron chi connectivity index (χ0n) is 16.9. The maximum Gasteiger partial charge on any atom is 0.417 e. The van der Waals surface area contributed by atoms with Gasteiger partial charge in [0.05, 0.1) is 26.5 Å². The molecule has 0 aromatic heterocycles. The fourth-order valence-electron chi connectivity index (χ4n) is 2.49. The Morgan fingerprint density at radius 2 is 1.25 bits per heavy atom. The highest BCUT2D eigenvalue weighted by Crippen LogP contribution is 2.37. The summed E-state index contributed by atoms with van der Waals surface area (Å²) < 4.78 is 75.0. The Balaban J connectivity index is 0.000000330. The summed E-state index contributed by atoms with van der Waals surface area (Å²) in [5.74, 6) is 0. The first-order valence-electron chi connectivity index (χ1n) is 8.57. The van der Waals surface area contributed by atoms with Gasteiger partial charge in [0.2, 0.25) is 0 Å². The van der Waals surface area contributed by atoms with Crippen LogP contribution in [0.4, 0.5) is 37.7 Å². The van der Waals surface area contributed by atoms with Crippen LogP contribution in [0.15, 0.2) is 42.6 Å². The first-order chi connectivity index (χ1) is 14.6. The third-order valence-electron chi connectivity index (χ3n) is 3.93. The van der Waals surface area contributed by atoms with Gasteiger partial charge in [-0.05, 0) is 31.3 Å². The Kier molecular flexibility index (Phi) is 8.34. The van der Waals surface area contributed by atoms with Crippen molar-refractivity contribution in [1.82, 2.24) is 4.90 Å². The molecule has 0 fully saturated rings. The van der Waals surface area contributed by atoms with E-state index >= 15 is 0 Å². The third-order valence-corrected chi connectivity index (χ3v) is 3.93. The van der Waals surface area contributed by atoms with Gasteiger partial charge in [0, 0.05) is 31.8 Å². The van der Waals surface area contributed by atoms with Crippen molar-refractivity contribution in [1.29, 1.82) is 0 Å². The molecule has 0 aliphatic heterocycles. The number of nitro benzene ring substituents is 2. The minimum absolute atomic E-state index is 0.356. The molecule has 0 amide bonds. The van der Waals surface area contributed by atoms with Gasteiger partial charge in [-0.2, -0.15) is 26.3 Å². The zero-order valence-corrected chi connectivity index (χ0v) is 16.9. The van der Waals surface area contributed by atoms with E-state index in [4.69, 9.17) is 0 Å². The average Bonchev–Trinajstić information content (AvgIpc) is 2.64. The summed E-state index contributed by atoms with van der Waals surface area (Å²) >= 11 is 0. The Bertz CT molecular complexity index is 1020. The Labute approximate surface area is 177 Å². The van der Waals surface area contributed by atoms with Gasteiger partial charge in [-0.15, -0.1) is 0 Å². The predicted molar refractivity (Wildman–Crippen MR) is 104 cm³/mol. The van der Waals surface area contributed by atoms with Crippen molar-refractivity contribution in [3.63, 3.8) is 0 Å². The third kappa shape index (κ3) is 6.96. The number of hydrogen-bond donors (Lipinski definition) is 0. The molecule has 0 bridgehead atoms. The molecule has 0 saturated carbocycles. The molecule has 0 spiro atoms. The smallest absolute Gasteiger partial charge is 0.383 e. The van der Waals surface area contributed by atoms with E-state index in [1.165, 1.54) is 11.1 Å².